The molecular formula is C20H19NO4S. The molecule has 3 aromatic rings. The number of methoxy groups -OCH3 is 1. The maximum absolute atomic E-state index is 12.5. The van der Waals surface area contributed by atoms with Gasteiger partial charge in [0.2, 0.25) is 5.91 Å². The summed E-state index contributed by atoms with van der Waals surface area (Å²) in [4.78, 5) is 12.5. The van der Waals surface area contributed by atoms with Gasteiger partial charge in [0, 0.05) is 0 Å². The average molecular weight is 369 g/mol. The number of ether oxygens (including phenoxy) is 1. The molecule has 1 amide bonds. The molecule has 134 valence electrons. The van der Waals surface area contributed by atoms with Gasteiger partial charge in [0.15, 0.2) is 0 Å². The number of carbonyl (C=O) groups excluding carboxylic acids is 1. The summed E-state index contributed by atoms with van der Waals surface area (Å²) in [7, 11) is -2.27. The molecule has 0 saturated carbocycles. The van der Waals surface area contributed by atoms with Gasteiger partial charge >= 0.3 is 0 Å². The highest BCUT2D eigenvalue weighted by molar-refractivity contribution is 7.90. The third kappa shape index (κ3) is 3.70. The van der Waals surface area contributed by atoms with Gasteiger partial charge in [-0.1, -0.05) is 42.5 Å². The van der Waals surface area contributed by atoms with Crippen molar-refractivity contribution in [1.29, 1.82) is 0 Å². The zero-order valence-corrected chi connectivity index (χ0v) is 15.3. The molecule has 0 aromatic heterocycles. The number of nitrogens with one attached hydrogen (secondary N) is 1. The number of sulfonamides is 1. The Bertz CT molecular complexity index is 1050. The van der Waals surface area contributed by atoms with Crippen molar-refractivity contribution >= 4 is 26.7 Å². The predicted molar refractivity (Wildman–Crippen MR) is 101 cm³/mol. The summed E-state index contributed by atoms with van der Waals surface area (Å²) in [5.74, 6) is -0.424. The van der Waals surface area contributed by atoms with Gasteiger partial charge in [0.1, 0.15) is 5.75 Å². The number of hydrogen-bond donors (Lipinski definition) is 1. The summed E-state index contributed by atoms with van der Waals surface area (Å²) in [5, 5.41) is 1.94. The maximum atomic E-state index is 12.5. The van der Waals surface area contributed by atoms with Gasteiger partial charge in [-0.15, -0.1) is 0 Å². The summed E-state index contributed by atoms with van der Waals surface area (Å²) in [6.07, 6.45) is 0. The lowest BCUT2D eigenvalue weighted by molar-refractivity contribution is -0.120. The van der Waals surface area contributed by atoms with Crippen LogP contribution in [0.1, 0.15) is 18.4 Å². The number of rotatable bonds is 5. The number of hydrogen-bond acceptors (Lipinski definition) is 4. The molecule has 0 bridgehead atoms. The topological polar surface area (TPSA) is 72.5 Å². The predicted octanol–water partition coefficient (Wildman–Crippen LogP) is 3.46. The molecule has 0 saturated heterocycles. The molecular weight excluding hydrogens is 350 g/mol. The number of carbonyl (C=O) groups is 1. The van der Waals surface area contributed by atoms with Gasteiger partial charge in [-0.2, -0.15) is 0 Å². The van der Waals surface area contributed by atoms with Crippen molar-refractivity contribution in [3.8, 4) is 5.75 Å². The van der Waals surface area contributed by atoms with E-state index in [0.29, 0.717) is 0 Å². The minimum atomic E-state index is -3.88. The highest BCUT2D eigenvalue weighted by atomic mass is 32.2. The van der Waals surface area contributed by atoms with Crippen LogP contribution in [0.15, 0.2) is 71.6 Å². The Labute approximate surface area is 152 Å². The van der Waals surface area contributed by atoms with E-state index in [-0.39, 0.29) is 4.90 Å². The van der Waals surface area contributed by atoms with E-state index in [2.05, 4.69) is 4.72 Å². The molecule has 3 aromatic carbocycles. The molecule has 0 aliphatic rings. The van der Waals surface area contributed by atoms with Crippen LogP contribution >= 0.6 is 0 Å². The summed E-state index contributed by atoms with van der Waals surface area (Å²) >= 11 is 0. The molecule has 1 unspecified atom stereocenters. The minimum absolute atomic E-state index is 0.0613. The lowest BCUT2D eigenvalue weighted by Gasteiger charge is -2.14. The van der Waals surface area contributed by atoms with Crippen molar-refractivity contribution in [1.82, 2.24) is 4.72 Å². The highest BCUT2D eigenvalue weighted by Gasteiger charge is 2.22. The van der Waals surface area contributed by atoms with Crippen LogP contribution in [0.4, 0.5) is 0 Å². The van der Waals surface area contributed by atoms with Gasteiger partial charge in [-0.05, 0) is 47.5 Å². The zero-order valence-electron chi connectivity index (χ0n) is 14.5. The Balaban J connectivity index is 1.83. The first-order valence-electron chi connectivity index (χ1n) is 8.10. The second-order valence-electron chi connectivity index (χ2n) is 5.98. The minimum Gasteiger partial charge on any atom is -0.497 e. The van der Waals surface area contributed by atoms with Gasteiger partial charge in [0.05, 0.1) is 17.9 Å². The Morgan fingerprint density at radius 1 is 0.962 bits per heavy atom. The molecule has 5 nitrogen and oxygen atoms in total. The zero-order chi connectivity index (χ0) is 18.7. The molecule has 3 rings (SSSR count). The van der Waals surface area contributed by atoms with E-state index in [1.165, 1.54) is 12.1 Å². The van der Waals surface area contributed by atoms with Crippen LogP contribution in [0.2, 0.25) is 0 Å². The lowest BCUT2D eigenvalue weighted by atomic mass is 9.97. The molecule has 1 atom stereocenters. The Hall–Kier alpha value is -2.86. The van der Waals surface area contributed by atoms with E-state index in [9.17, 15) is 13.2 Å². The summed E-state index contributed by atoms with van der Waals surface area (Å²) in [6.45, 7) is 1.68. The van der Waals surface area contributed by atoms with Gasteiger partial charge in [0.25, 0.3) is 10.0 Å². The fourth-order valence-electron chi connectivity index (χ4n) is 2.67. The maximum Gasteiger partial charge on any atom is 0.264 e. The first-order valence-corrected chi connectivity index (χ1v) is 9.58. The van der Waals surface area contributed by atoms with Crippen LogP contribution in [-0.2, 0) is 14.8 Å². The fourth-order valence-corrected chi connectivity index (χ4v) is 3.74. The molecule has 0 aliphatic heterocycles. The number of benzene rings is 3. The van der Waals surface area contributed by atoms with Crippen molar-refractivity contribution in [2.45, 2.75) is 17.7 Å². The van der Waals surface area contributed by atoms with E-state index in [4.69, 9.17) is 4.74 Å². The van der Waals surface area contributed by atoms with Crippen molar-refractivity contribution in [3.63, 3.8) is 0 Å². The van der Waals surface area contributed by atoms with Gasteiger partial charge in [-0.3, -0.25) is 4.79 Å². The Kier molecular flexibility index (Phi) is 4.95. The monoisotopic (exact) mass is 369 g/mol. The van der Waals surface area contributed by atoms with Crippen LogP contribution in [0, 0.1) is 0 Å². The van der Waals surface area contributed by atoms with E-state index in [0.717, 1.165) is 22.1 Å². The quantitative estimate of drug-likeness (QED) is 0.748. The van der Waals surface area contributed by atoms with Crippen molar-refractivity contribution in [3.05, 3.63) is 72.3 Å². The molecule has 0 aliphatic carbocycles. The Morgan fingerprint density at radius 2 is 1.62 bits per heavy atom. The van der Waals surface area contributed by atoms with Crippen molar-refractivity contribution < 1.29 is 17.9 Å². The van der Waals surface area contributed by atoms with E-state index in [1.54, 1.807) is 32.2 Å². The molecule has 6 heteroatoms. The van der Waals surface area contributed by atoms with Crippen LogP contribution in [0.25, 0.3) is 10.8 Å². The lowest BCUT2D eigenvalue weighted by Crippen LogP contribution is -2.33. The molecule has 1 N–H and O–H groups in total. The normalized spacial score (nSPS) is 12.5. The molecule has 26 heavy (non-hydrogen) atoms. The van der Waals surface area contributed by atoms with Crippen molar-refractivity contribution in [2.24, 2.45) is 0 Å². The van der Waals surface area contributed by atoms with Gasteiger partial charge in [-0.25, -0.2) is 13.1 Å². The molecule has 0 heterocycles. The smallest absolute Gasteiger partial charge is 0.264 e. The fraction of sp³-hybridized carbons (Fsp3) is 0.150. The van der Waals surface area contributed by atoms with E-state index < -0.39 is 21.8 Å². The number of fused-ring (bicyclic) bond motifs is 1. The second-order valence-corrected chi connectivity index (χ2v) is 7.66. The van der Waals surface area contributed by atoms with Crippen molar-refractivity contribution in [2.75, 3.05) is 7.11 Å². The third-order valence-corrected chi connectivity index (χ3v) is 5.62. The Morgan fingerprint density at radius 3 is 2.31 bits per heavy atom. The van der Waals surface area contributed by atoms with Crippen LogP contribution in [0.3, 0.4) is 0 Å². The summed E-state index contributed by atoms with van der Waals surface area (Å²) < 4.78 is 32.0. The largest absolute Gasteiger partial charge is 0.497 e. The van der Waals surface area contributed by atoms with Crippen LogP contribution in [-0.4, -0.2) is 21.4 Å². The second kappa shape index (κ2) is 7.17. The molecule has 0 radical (unpaired) electrons. The average Bonchev–Trinajstić information content (AvgIpc) is 2.66. The number of amides is 1. The standard InChI is InChI=1S/C20H19NO4S/c1-14(20(22)21-26(23,24)19-6-4-3-5-7-19)15-8-9-17-13-18(25-2)11-10-16(17)12-15/h3-14H,1-2H3,(H,21,22). The van der Waals surface area contributed by atoms with Crippen LogP contribution < -0.4 is 9.46 Å². The summed E-state index contributed by atoms with van der Waals surface area (Å²) in [6, 6.07) is 19.1. The molecule has 0 spiro atoms. The van der Waals surface area contributed by atoms with Gasteiger partial charge < -0.3 is 4.74 Å². The van der Waals surface area contributed by atoms with E-state index >= 15 is 0 Å². The first-order chi connectivity index (χ1) is 12.4. The molecule has 0 fully saturated rings. The highest BCUT2D eigenvalue weighted by Crippen LogP contribution is 2.25. The third-order valence-electron chi connectivity index (χ3n) is 4.25. The van der Waals surface area contributed by atoms with Crippen LogP contribution in [0.5, 0.6) is 5.75 Å². The summed E-state index contributed by atoms with van der Waals surface area (Å²) in [5.41, 5.74) is 0.739. The first kappa shape index (κ1) is 17.9. The SMILES string of the molecule is COc1ccc2cc(C(C)C(=O)NS(=O)(=O)c3ccccc3)ccc2c1. The van der Waals surface area contributed by atoms with E-state index in [1.807, 2.05) is 36.4 Å².